The molecule has 0 amide bonds. The van der Waals surface area contributed by atoms with Gasteiger partial charge in [0, 0.05) is 72.7 Å². The van der Waals surface area contributed by atoms with Gasteiger partial charge in [0.1, 0.15) is 0 Å². The van der Waals surface area contributed by atoms with E-state index in [9.17, 15) is 0 Å². The van der Waals surface area contributed by atoms with Gasteiger partial charge < -0.3 is 0 Å². The molecule has 4 heteroatoms. The second-order valence-electron chi connectivity index (χ2n) is 0. The van der Waals surface area contributed by atoms with Crippen molar-refractivity contribution in [2.24, 2.45) is 0 Å². The van der Waals surface area contributed by atoms with Crippen LogP contribution in [-0.2, 0) is 72.7 Å². The third-order valence-corrected chi connectivity index (χ3v) is 0. The summed E-state index contributed by atoms with van der Waals surface area (Å²) in [7, 11) is 0. The van der Waals surface area contributed by atoms with Crippen molar-refractivity contribution < 1.29 is 72.7 Å². The first-order chi connectivity index (χ1) is 0. The number of rotatable bonds is 0. The molecular formula is Co3Nb. The Morgan fingerprint density at radius 3 is 0.500 bits per heavy atom. The van der Waals surface area contributed by atoms with Crippen LogP contribution in [0, 0.1) is 0 Å². The summed E-state index contributed by atoms with van der Waals surface area (Å²) in [6, 6.07) is 0. The summed E-state index contributed by atoms with van der Waals surface area (Å²) in [4.78, 5) is 0. The molecule has 0 saturated heterocycles. The van der Waals surface area contributed by atoms with Crippen LogP contribution in [0.2, 0.25) is 0 Å². The molecule has 0 spiro atoms. The maximum atomic E-state index is 0. The SMILES string of the molecule is [Co].[Co].[Co].[Nb]. The van der Waals surface area contributed by atoms with Gasteiger partial charge in [-0.05, 0) is 0 Å². The summed E-state index contributed by atoms with van der Waals surface area (Å²) in [6.45, 7) is 0. The smallest absolute Gasteiger partial charge is 0 e. The van der Waals surface area contributed by atoms with Crippen LogP contribution in [0.5, 0.6) is 0 Å². The molecule has 0 unspecified atom stereocenters. The van der Waals surface area contributed by atoms with Crippen LogP contribution in [0.1, 0.15) is 0 Å². The average molecular weight is 270 g/mol. The van der Waals surface area contributed by atoms with Gasteiger partial charge in [-0.1, -0.05) is 0 Å². The zero-order chi connectivity index (χ0) is 0. The monoisotopic (exact) mass is 270 g/mol. The summed E-state index contributed by atoms with van der Waals surface area (Å²) in [5, 5.41) is 0. The van der Waals surface area contributed by atoms with Gasteiger partial charge in [0.25, 0.3) is 0 Å². The number of hydrogen-bond acceptors (Lipinski definition) is 0. The van der Waals surface area contributed by atoms with Crippen molar-refractivity contribution in [3.05, 3.63) is 0 Å². The van der Waals surface area contributed by atoms with Crippen LogP contribution in [0.15, 0.2) is 0 Å². The van der Waals surface area contributed by atoms with Gasteiger partial charge in [-0.15, -0.1) is 0 Å². The van der Waals surface area contributed by atoms with E-state index in [1.807, 2.05) is 0 Å². The molecule has 0 rings (SSSR count). The molecular weight excluding hydrogens is 270 g/mol. The molecule has 0 bridgehead atoms. The summed E-state index contributed by atoms with van der Waals surface area (Å²) < 4.78 is 0. The van der Waals surface area contributed by atoms with Crippen LogP contribution in [0.4, 0.5) is 0 Å². The Morgan fingerprint density at radius 2 is 0.500 bits per heavy atom. The zero-order valence-electron chi connectivity index (χ0n) is 1.45. The van der Waals surface area contributed by atoms with Crippen molar-refractivity contribution in [1.29, 1.82) is 0 Å². The Hall–Kier alpha value is 2.26. The van der Waals surface area contributed by atoms with Crippen LogP contribution in [-0.4, -0.2) is 0 Å². The summed E-state index contributed by atoms with van der Waals surface area (Å²) >= 11 is 0. The van der Waals surface area contributed by atoms with E-state index in [0.717, 1.165) is 0 Å². The van der Waals surface area contributed by atoms with Gasteiger partial charge in [-0.25, -0.2) is 0 Å². The largest absolute Gasteiger partial charge is 0 e. The molecule has 4 radical (unpaired) electrons. The molecule has 0 nitrogen and oxygen atoms in total. The van der Waals surface area contributed by atoms with E-state index in [1.165, 1.54) is 0 Å². The third kappa shape index (κ3) is 8.86. The number of hydrogen-bond donors (Lipinski definition) is 0. The quantitative estimate of drug-likeness (QED) is 0.543. The Bertz CT molecular complexity index is 3.25. The predicted octanol–water partition coefficient (Wildman–Crippen LogP) is -0.0100. The zero-order valence-corrected chi connectivity index (χ0v) is 6.77. The van der Waals surface area contributed by atoms with Gasteiger partial charge >= 0.3 is 0 Å². The van der Waals surface area contributed by atoms with E-state index in [-0.39, 0.29) is 72.7 Å². The van der Waals surface area contributed by atoms with Gasteiger partial charge in [0.15, 0.2) is 0 Å². The molecule has 0 atom stereocenters. The first kappa shape index (κ1) is 33.9. The van der Waals surface area contributed by atoms with Crippen molar-refractivity contribution in [2.75, 3.05) is 0 Å². The first-order valence-electron chi connectivity index (χ1n) is 0. The minimum absolute atomic E-state index is 0. The molecule has 0 aromatic carbocycles. The van der Waals surface area contributed by atoms with Crippen molar-refractivity contribution in [3.63, 3.8) is 0 Å². The van der Waals surface area contributed by atoms with E-state index in [1.54, 1.807) is 0 Å². The van der Waals surface area contributed by atoms with Crippen molar-refractivity contribution >= 4 is 0 Å². The molecule has 0 fully saturated rings. The van der Waals surface area contributed by atoms with Crippen molar-refractivity contribution in [1.82, 2.24) is 0 Å². The van der Waals surface area contributed by atoms with Crippen LogP contribution < -0.4 is 0 Å². The molecule has 4 heavy (non-hydrogen) atoms. The minimum atomic E-state index is 0. The van der Waals surface area contributed by atoms with E-state index in [0.29, 0.717) is 0 Å². The molecule has 0 N–H and O–H groups in total. The Morgan fingerprint density at radius 1 is 0.500 bits per heavy atom. The van der Waals surface area contributed by atoms with Gasteiger partial charge in [-0.2, -0.15) is 0 Å². The molecule has 0 aromatic heterocycles. The average Bonchev–Trinajstić information content (AvgIpc) is 0. The summed E-state index contributed by atoms with van der Waals surface area (Å²) in [5.41, 5.74) is 0. The molecule has 0 heterocycles. The van der Waals surface area contributed by atoms with E-state index in [2.05, 4.69) is 0 Å². The normalized spacial score (nSPS) is 0. The third-order valence-electron chi connectivity index (χ3n) is 0. The fourth-order valence-corrected chi connectivity index (χ4v) is 0. The maximum absolute atomic E-state index is 0. The second kappa shape index (κ2) is 18.7. The molecule has 0 saturated carbocycles. The Kier molecular flexibility index (Phi) is 158. The fraction of sp³-hybridized carbons (Fsp3) is 0. The van der Waals surface area contributed by atoms with Gasteiger partial charge in [0.05, 0.1) is 0 Å². The predicted molar refractivity (Wildman–Crippen MR) is 0 cm³/mol. The van der Waals surface area contributed by atoms with Crippen LogP contribution in [0.3, 0.4) is 0 Å². The van der Waals surface area contributed by atoms with E-state index >= 15 is 0 Å². The van der Waals surface area contributed by atoms with E-state index in [4.69, 9.17) is 0 Å². The molecule has 32 valence electrons. The van der Waals surface area contributed by atoms with Gasteiger partial charge in [-0.3, -0.25) is 0 Å². The Balaban J connectivity index is 0. The second-order valence-corrected chi connectivity index (χ2v) is 0. The Labute approximate surface area is 72.0 Å². The van der Waals surface area contributed by atoms with Crippen LogP contribution >= 0.6 is 0 Å². The fourth-order valence-electron chi connectivity index (χ4n) is 0. The minimum Gasteiger partial charge on any atom is 0 e. The standard InChI is InChI=1S/3Co.Nb. The summed E-state index contributed by atoms with van der Waals surface area (Å²) in [6.07, 6.45) is 0. The molecule has 0 aromatic rings. The molecule has 0 aliphatic heterocycles. The van der Waals surface area contributed by atoms with E-state index < -0.39 is 0 Å². The summed E-state index contributed by atoms with van der Waals surface area (Å²) in [5.74, 6) is 0. The molecule has 0 aliphatic carbocycles. The first-order valence-corrected chi connectivity index (χ1v) is 0. The van der Waals surface area contributed by atoms with Crippen molar-refractivity contribution in [2.45, 2.75) is 0 Å². The maximum Gasteiger partial charge on any atom is 0 e. The topological polar surface area (TPSA) is 0 Å². The van der Waals surface area contributed by atoms with Crippen molar-refractivity contribution in [3.8, 4) is 0 Å². The molecule has 0 aliphatic rings. The van der Waals surface area contributed by atoms with Gasteiger partial charge in [0.2, 0.25) is 0 Å². The van der Waals surface area contributed by atoms with Crippen LogP contribution in [0.25, 0.3) is 0 Å².